The van der Waals surface area contributed by atoms with Gasteiger partial charge in [-0.05, 0) is 38.6 Å². The minimum Gasteiger partial charge on any atom is -0.357 e. The van der Waals surface area contributed by atoms with E-state index in [0.717, 1.165) is 32.1 Å². The molecule has 1 unspecified atom stereocenters. The van der Waals surface area contributed by atoms with Gasteiger partial charge in [0.15, 0.2) is 5.96 Å². The van der Waals surface area contributed by atoms with E-state index in [-0.39, 0.29) is 0 Å². The van der Waals surface area contributed by atoms with Crippen LogP contribution in [0.5, 0.6) is 0 Å². The van der Waals surface area contributed by atoms with Gasteiger partial charge in [0, 0.05) is 45.1 Å². The van der Waals surface area contributed by atoms with Crippen LogP contribution in [0.4, 0.5) is 0 Å². The molecule has 0 bridgehead atoms. The Morgan fingerprint density at radius 2 is 1.85 bits per heavy atom. The lowest BCUT2D eigenvalue weighted by Crippen LogP contribution is -2.40. The van der Waals surface area contributed by atoms with Crippen LogP contribution >= 0.6 is 0 Å². The van der Waals surface area contributed by atoms with Gasteiger partial charge in [-0.25, -0.2) is 0 Å². The molecule has 5 nitrogen and oxygen atoms in total. The number of aliphatic imine (C=N–C) groups is 1. The maximum atomic E-state index is 4.87. The molecule has 0 amide bonds. The molecule has 0 saturated carbocycles. The van der Waals surface area contributed by atoms with Crippen molar-refractivity contribution in [2.75, 3.05) is 27.2 Å². The van der Waals surface area contributed by atoms with Crippen LogP contribution in [0, 0.1) is 0 Å². The Hall–Kier alpha value is -2.27. The molecular formula is C21H33N5. The predicted octanol–water partition coefficient (Wildman–Crippen LogP) is 2.94. The Bertz CT molecular complexity index is 677. The van der Waals surface area contributed by atoms with Gasteiger partial charge in [0.1, 0.15) is 0 Å². The molecule has 0 fully saturated rings. The predicted molar refractivity (Wildman–Crippen MR) is 110 cm³/mol. The highest BCUT2D eigenvalue weighted by atomic mass is 15.3. The Kier molecular flexibility index (Phi) is 7.73. The van der Waals surface area contributed by atoms with Crippen LogP contribution in [-0.2, 0) is 20.1 Å². The fourth-order valence-electron chi connectivity index (χ4n) is 2.83. The lowest BCUT2D eigenvalue weighted by molar-refractivity contribution is 0.254. The third-order valence-corrected chi connectivity index (χ3v) is 4.68. The molecule has 1 N–H and O–H groups in total. The van der Waals surface area contributed by atoms with E-state index in [1.807, 2.05) is 0 Å². The molecule has 0 saturated heterocycles. The van der Waals surface area contributed by atoms with Crippen molar-refractivity contribution in [3.63, 3.8) is 0 Å². The van der Waals surface area contributed by atoms with Crippen LogP contribution < -0.4 is 5.32 Å². The third-order valence-electron chi connectivity index (χ3n) is 4.68. The maximum Gasteiger partial charge on any atom is 0.194 e. The fraction of sp³-hybridized carbons (Fsp3) is 0.476. The Morgan fingerprint density at radius 3 is 2.46 bits per heavy atom. The first-order valence-corrected chi connectivity index (χ1v) is 9.35. The Balaban J connectivity index is 1.95. The van der Waals surface area contributed by atoms with Gasteiger partial charge in [0.05, 0.1) is 13.1 Å². The first-order valence-electron chi connectivity index (χ1n) is 9.35. The average molecular weight is 356 g/mol. The number of nitrogens with one attached hydrogen (secondary N) is 1. The zero-order valence-electron chi connectivity index (χ0n) is 16.8. The number of nitrogens with zero attached hydrogens (tertiary/aromatic N) is 4. The number of benzene rings is 1. The molecule has 1 aromatic carbocycles. The van der Waals surface area contributed by atoms with Crippen molar-refractivity contribution in [2.45, 2.75) is 33.0 Å². The second kappa shape index (κ2) is 10.0. The standard InChI is InChI=1S/C21H33N5/c1-6-22-21(26(5)17-20-13-10-14-24(20)3)23-15-18(2)25(4)16-19-11-8-7-9-12-19/h7-14,18H,6,15-17H2,1-5H3,(H,22,23). The molecule has 142 valence electrons. The second-order valence-electron chi connectivity index (χ2n) is 6.91. The van der Waals surface area contributed by atoms with Crippen molar-refractivity contribution >= 4 is 5.96 Å². The quantitative estimate of drug-likeness (QED) is 0.584. The van der Waals surface area contributed by atoms with Crippen molar-refractivity contribution in [3.8, 4) is 0 Å². The molecule has 0 aliphatic rings. The number of aryl methyl sites for hydroxylation is 1. The lowest BCUT2D eigenvalue weighted by Gasteiger charge is -2.26. The molecule has 0 spiro atoms. The summed E-state index contributed by atoms with van der Waals surface area (Å²) in [7, 11) is 6.33. The summed E-state index contributed by atoms with van der Waals surface area (Å²) in [5.74, 6) is 0.952. The largest absolute Gasteiger partial charge is 0.357 e. The van der Waals surface area contributed by atoms with Gasteiger partial charge in [-0.15, -0.1) is 0 Å². The number of aromatic nitrogens is 1. The summed E-state index contributed by atoms with van der Waals surface area (Å²) in [5, 5.41) is 3.41. The molecule has 0 aliphatic carbocycles. The number of likely N-dealkylation sites (N-methyl/N-ethyl adjacent to an activating group) is 1. The summed E-state index contributed by atoms with van der Waals surface area (Å²) in [6.45, 7) is 7.74. The van der Waals surface area contributed by atoms with E-state index in [2.05, 4.69) is 103 Å². The first kappa shape index (κ1) is 20.0. The van der Waals surface area contributed by atoms with Crippen LogP contribution in [0.2, 0.25) is 0 Å². The zero-order chi connectivity index (χ0) is 18.9. The van der Waals surface area contributed by atoms with Crippen LogP contribution in [0.1, 0.15) is 25.1 Å². The van der Waals surface area contributed by atoms with Gasteiger partial charge in [-0.1, -0.05) is 30.3 Å². The average Bonchev–Trinajstić information content (AvgIpc) is 3.03. The molecule has 5 heteroatoms. The van der Waals surface area contributed by atoms with Gasteiger partial charge in [-0.2, -0.15) is 0 Å². The SMILES string of the molecule is CCNC(=NCC(C)N(C)Cc1ccccc1)N(C)Cc1cccn1C. The van der Waals surface area contributed by atoms with Crippen molar-refractivity contribution in [1.82, 2.24) is 19.7 Å². The maximum absolute atomic E-state index is 4.87. The summed E-state index contributed by atoms with van der Waals surface area (Å²) in [6, 6.07) is 15.2. The first-order chi connectivity index (χ1) is 12.5. The minimum absolute atomic E-state index is 0.368. The number of hydrogen-bond donors (Lipinski definition) is 1. The number of guanidine groups is 1. The van der Waals surface area contributed by atoms with Crippen molar-refractivity contribution in [1.29, 1.82) is 0 Å². The van der Waals surface area contributed by atoms with Crippen molar-refractivity contribution in [3.05, 3.63) is 59.9 Å². The summed E-state index contributed by atoms with van der Waals surface area (Å²) in [6.07, 6.45) is 2.08. The Morgan fingerprint density at radius 1 is 1.12 bits per heavy atom. The third kappa shape index (κ3) is 5.92. The molecule has 1 aromatic heterocycles. The van der Waals surface area contributed by atoms with Crippen LogP contribution in [0.3, 0.4) is 0 Å². The monoisotopic (exact) mass is 355 g/mol. The molecule has 2 rings (SSSR count). The van der Waals surface area contributed by atoms with Crippen LogP contribution in [-0.4, -0.2) is 53.6 Å². The molecule has 2 aromatic rings. The summed E-state index contributed by atoms with van der Waals surface area (Å²) < 4.78 is 2.15. The summed E-state index contributed by atoms with van der Waals surface area (Å²) in [5.41, 5.74) is 2.60. The molecule has 1 atom stereocenters. The molecule has 1 heterocycles. The van der Waals surface area contributed by atoms with E-state index >= 15 is 0 Å². The topological polar surface area (TPSA) is 35.8 Å². The minimum atomic E-state index is 0.368. The molecule has 0 aliphatic heterocycles. The summed E-state index contributed by atoms with van der Waals surface area (Å²) in [4.78, 5) is 9.40. The highest BCUT2D eigenvalue weighted by Gasteiger charge is 2.12. The highest BCUT2D eigenvalue weighted by Crippen LogP contribution is 2.07. The van der Waals surface area contributed by atoms with Crippen molar-refractivity contribution in [2.24, 2.45) is 12.0 Å². The van der Waals surface area contributed by atoms with E-state index in [4.69, 9.17) is 4.99 Å². The van der Waals surface area contributed by atoms with Crippen LogP contribution in [0.25, 0.3) is 0 Å². The lowest BCUT2D eigenvalue weighted by atomic mass is 10.2. The molecule has 0 radical (unpaired) electrons. The van der Waals surface area contributed by atoms with Gasteiger partial charge >= 0.3 is 0 Å². The number of hydrogen-bond acceptors (Lipinski definition) is 2. The van der Waals surface area contributed by atoms with Gasteiger partial charge in [0.2, 0.25) is 0 Å². The molecule has 26 heavy (non-hydrogen) atoms. The number of rotatable bonds is 8. The van der Waals surface area contributed by atoms with E-state index < -0.39 is 0 Å². The van der Waals surface area contributed by atoms with Gasteiger partial charge in [0.25, 0.3) is 0 Å². The van der Waals surface area contributed by atoms with E-state index in [0.29, 0.717) is 6.04 Å². The van der Waals surface area contributed by atoms with Gasteiger partial charge < -0.3 is 14.8 Å². The van der Waals surface area contributed by atoms with Crippen molar-refractivity contribution < 1.29 is 0 Å². The van der Waals surface area contributed by atoms with Gasteiger partial charge in [-0.3, -0.25) is 9.89 Å². The normalized spacial score (nSPS) is 13.1. The molecular weight excluding hydrogens is 322 g/mol. The van der Waals surface area contributed by atoms with Crippen LogP contribution in [0.15, 0.2) is 53.7 Å². The zero-order valence-corrected chi connectivity index (χ0v) is 16.8. The van der Waals surface area contributed by atoms with E-state index in [1.54, 1.807) is 0 Å². The Labute approximate surface area is 158 Å². The van der Waals surface area contributed by atoms with E-state index in [1.165, 1.54) is 11.3 Å². The summed E-state index contributed by atoms with van der Waals surface area (Å²) >= 11 is 0. The van der Waals surface area contributed by atoms with E-state index in [9.17, 15) is 0 Å². The second-order valence-corrected chi connectivity index (χ2v) is 6.91. The fourth-order valence-corrected chi connectivity index (χ4v) is 2.83. The highest BCUT2D eigenvalue weighted by molar-refractivity contribution is 5.79. The smallest absolute Gasteiger partial charge is 0.194 e.